The number of fused-ring (bicyclic) bond motifs is 7. The van der Waals surface area contributed by atoms with Gasteiger partial charge in [0, 0.05) is 36.9 Å². The molecular formula is C39H24N2OS. The topological polar surface area (TPSA) is 29.3 Å². The van der Waals surface area contributed by atoms with Gasteiger partial charge in [-0.15, -0.1) is 11.3 Å². The van der Waals surface area contributed by atoms with Crippen molar-refractivity contribution in [3.05, 3.63) is 146 Å². The predicted octanol–water partition coefficient (Wildman–Crippen LogP) is 11.6. The van der Waals surface area contributed by atoms with Crippen LogP contribution in [0.2, 0.25) is 0 Å². The zero-order valence-electron chi connectivity index (χ0n) is 23.1. The molecule has 3 heterocycles. The third-order valence-corrected chi connectivity index (χ3v) is 9.47. The van der Waals surface area contributed by atoms with E-state index in [0.717, 1.165) is 44.4 Å². The number of nitrogens with zero attached hydrogens (tertiary/aromatic N) is 2. The molecule has 3 aromatic heterocycles. The van der Waals surface area contributed by atoms with E-state index in [-0.39, 0.29) is 0 Å². The van der Waals surface area contributed by atoms with Gasteiger partial charge >= 0.3 is 0 Å². The van der Waals surface area contributed by atoms with Gasteiger partial charge in [0.2, 0.25) is 0 Å². The summed E-state index contributed by atoms with van der Waals surface area (Å²) >= 11 is 1.83. The molecule has 0 atom stereocenters. The molecule has 4 heteroatoms. The fourth-order valence-electron chi connectivity index (χ4n) is 6.28. The summed E-state index contributed by atoms with van der Waals surface area (Å²) in [5, 5.41) is 7.02. The molecule has 9 aromatic rings. The van der Waals surface area contributed by atoms with E-state index in [0.29, 0.717) is 0 Å². The van der Waals surface area contributed by atoms with Gasteiger partial charge in [0.25, 0.3) is 0 Å². The van der Waals surface area contributed by atoms with Crippen molar-refractivity contribution in [1.29, 1.82) is 0 Å². The van der Waals surface area contributed by atoms with E-state index in [2.05, 4.69) is 143 Å². The molecular weight excluding hydrogens is 545 g/mol. The highest BCUT2D eigenvalue weighted by atomic mass is 32.1. The number of rotatable bonds is 4. The fourth-order valence-corrected chi connectivity index (χ4v) is 7.37. The average molecular weight is 569 g/mol. The van der Waals surface area contributed by atoms with Crippen molar-refractivity contribution in [3.63, 3.8) is 0 Å². The van der Waals surface area contributed by atoms with Gasteiger partial charge in [-0.2, -0.15) is 0 Å². The predicted molar refractivity (Wildman–Crippen MR) is 182 cm³/mol. The van der Waals surface area contributed by atoms with Crippen molar-refractivity contribution < 1.29 is 4.42 Å². The zero-order chi connectivity index (χ0) is 28.3. The van der Waals surface area contributed by atoms with Crippen molar-refractivity contribution in [1.82, 2.24) is 4.98 Å². The summed E-state index contributed by atoms with van der Waals surface area (Å²) in [6.07, 6.45) is 3.79. The van der Waals surface area contributed by atoms with Gasteiger partial charge in [-0.3, -0.25) is 4.98 Å². The molecule has 0 saturated heterocycles. The Kier molecular flexibility index (Phi) is 5.37. The van der Waals surface area contributed by atoms with Gasteiger partial charge in [-0.05, 0) is 70.4 Å². The largest absolute Gasteiger partial charge is 0.454 e. The molecule has 0 unspecified atom stereocenters. The molecule has 0 radical (unpaired) electrons. The molecule has 0 aliphatic carbocycles. The normalized spacial score (nSPS) is 11.7. The Bertz CT molecular complexity index is 2460. The lowest BCUT2D eigenvalue weighted by molar-refractivity contribution is 0.667. The minimum Gasteiger partial charge on any atom is -0.454 e. The number of anilines is 3. The van der Waals surface area contributed by atoms with Gasteiger partial charge < -0.3 is 9.32 Å². The van der Waals surface area contributed by atoms with Crippen LogP contribution in [0.15, 0.2) is 150 Å². The Morgan fingerprint density at radius 3 is 2.07 bits per heavy atom. The van der Waals surface area contributed by atoms with Crippen molar-refractivity contribution in [2.45, 2.75) is 0 Å². The van der Waals surface area contributed by atoms with Gasteiger partial charge in [-0.1, -0.05) is 84.9 Å². The molecule has 0 bridgehead atoms. The van der Waals surface area contributed by atoms with Crippen LogP contribution in [0.25, 0.3) is 64.0 Å². The third kappa shape index (κ3) is 3.92. The lowest BCUT2D eigenvalue weighted by Crippen LogP contribution is -2.10. The summed E-state index contributed by atoms with van der Waals surface area (Å²) in [5.41, 5.74) is 7.13. The van der Waals surface area contributed by atoms with Crippen LogP contribution >= 0.6 is 11.3 Å². The van der Waals surface area contributed by atoms with E-state index in [4.69, 9.17) is 4.42 Å². The van der Waals surface area contributed by atoms with E-state index in [1.807, 2.05) is 23.7 Å². The van der Waals surface area contributed by atoms with Crippen LogP contribution in [0.4, 0.5) is 17.1 Å². The van der Waals surface area contributed by atoms with E-state index >= 15 is 0 Å². The Balaban J connectivity index is 1.31. The standard InChI is InChI=1S/C39H24N2OS/c1-2-8-25(9-3-1)26-14-16-29(17-15-26)41(30-18-19-38-32(22-30)31-12-6-7-13-37(31)43-38)34-23-40-24-36-39(34)33-20-27-10-4-5-11-28(27)21-35(33)42-36/h1-24H. The Morgan fingerprint density at radius 1 is 0.512 bits per heavy atom. The Morgan fingerprint density at radius 2 is 1.21 bits per heavy atom. The highest BCUT2D eigenvalue weighted by molar-refractivity contribution is 7.25. The molecule has 0 saturated carbocycles. The summed E-state index contributed by atoms with van der Waals surface area (Å²) in [6.45, 7) is 0. The highest BCUT2D eigenvalue weighted by Gasteiger charge is 2.21. The summed E-state index contributed by atoms with van der Waals surface area (Å²) in [6, 6.07) is 47.5. The molecule has 6 aromatic carbocycles. The minimum absolute atomic E-state index is 0.774. The maximum Gasteiger partial charge on any atom is 0.155 e. The summed E-state index contributed by atoms with van der Waals surface area (Å²) < 4.78 is 9.00. The quantitative estimate of drug-likeness (QED) is 0.211. The van der Waals surface area contributed by atoms with Crippen LogP contribution in [-0.2, 0) is 0 Å². The lowest BCUT2D eigenvalue weighted by atomic mass is 10.0. The van der Waals surface area contributed by atoms with Crippen molar-refractivity contribution in [3.8, 4) is 11.1 Å². The first kappa shape index (κ1) is 24.2. The van der Waals surface area contributed by atoms with E-state index < -0.39 is 0 Å². The molecule has 0 aliphatic rings. The van der Waals surface area contributed by atoms with E-state index in [9.17, 15) is 0 Å². The number of aromatic nitrogens is 1. The second-order valence-corrected chi connectivity index (χ2v) is 11.9. The highest BCUT2D eigenvalue weighted by Crippen LogP contribution is 2.45. The monoisotopic (exact) mass is 568 g/mol. The van der Waals surface area contributed by atoms with Crippen LogP contribution in [0.5, 0.6) is 0 Å². The molecule has 202 valence electrons. The SMILES string of the molecule is c1ccc(-c2ccc(N(c3ccc4sc5ccccc5c4c3)c3cncc4oc5cc6ccccc6cc5c34)cc2)cc1. The Labute approximate surface area is 251 Å². The molecule has 0 amide bonds. The Hall–Kier alpha value is -5.45. The molecule has 0 fully saturated rings. The zero-order valence-corrected chi connectivity index (χ0v) is 23.9. The first-order valence-electron chi connectivity index (χ1n) is 14.4. The minimum atomic E-state index is 0.774. The molecule has 43 heavy (non-hydrogen) atoms. The van der Waals surface area contributed by atoms with Crippen LogP contribution in [0.1, 0.15) is 0 Å². The number of benzene rings is 6. The number of thiophene rings is 1. The molecule has 9 rings (SSSR count). The van der Waals surface area contributed by atoms with Gasteiger partial charge in [0.1, 0.15) is 5.58 Å². The number of furan rings is 1. The van der Waals surface area contributed by atoms with Crippen molar-refractivity contribution in [2.75, 3.05) is 4.90 Å². The first-order valence-corrected chi connectivity index (χ1v) is 15.2. The van der Waals surface area contributed by atoms with Crippen LogP contribution in [0.3, 0.4) is 0 Å². The van der Waals surface area contributed by atoms with Crippen LogP contribution in [0, 0.1) is 0 Å². The van der Waals surface area contributed by atoms with Gasteiger partial charge in [-0.25, -0.2) is 0 Å². The lowest BCUT2D eigenvalue weighted by Gasteiger charge is -2.26. The van der Waals surface area contributed by atoms with Gasteiger partial charge in [0.15, 0.2) is 5.58 Å². The molecule has 3 nitrogen and oxygen atoms in total. The number of hydrogen-bond acceptors (Lipinski definition) is 4. The second kappa shape index (κ2) is 9.55. The second-order valence-electron chi connectivity index (χ2n) is 10.9. The van der Waals surface area contributed by atoms with Crippen LogP contribution in [-0.4, -0.2) is 4.98 Å². The van der Waals surface area contributed by atoms with Crippen LogP contribution < -0.4 is 4.90 Å². The maximum atomic E-state index is 6.43. The average Bonchev–Trinajstić information content (AvgIpc) is 3.62. The summed E-state index contributed by atoms with van der Waals surface area (Å²) in [7, 11) is 0. The smallest absolute Gasteiger partial charge is 0.155 e. The van der Waals surface area contributed by atoms with Gasteiger partial charge in [0.05, 0.1) is 23.5 Å². The summed E-state index contributed by atoms with van der Waals surface area (Å²) in [4.78, 5) is 7.00. The van der Waals surface area contributed by atoms with Crippen molar-refractivity contribution in [2.24, 2.45) is 0 Å². The molecule has 0 N–H and O–H groups in total. The first-order chi connectivity index (χ1) is 21.3. The fraction of sp³-hybridized carbons (Fsp3) is 0. The molecule has 0 spiro atoms. The van der Waals surface area contributed by atoms with E-state index in [1.54, 1.807) is 0 Å². The number of hydrogen-bond donors (Lipinski definition) is 0. The number of pyridine rings is 1. The molecule has 0 aliphatic heterocycles. The van der Waals surface area contributed by atoms with E-state index in [1.165, 1.54) is 36.7 Å². The third-order valence-electron chi connectivity index (χ3n) is 8.32. The van der Waals surface area contributed by atoms with Crippen molar-refractivity contribution >= 4 is 81.3 Å². The summed E-state index contributed by atoms with van der Waals surface area (Å²) in [5.74, 6) is 0. The maximum absolute atomic E-state index is 6.43.